The number of fused-ring (bicyclic) bond motifs is 1. The highest BCUT2D eigenvalue weighted by Gasteiger charge is 2.12. The molecule has 0 aliphatic rings. The number of aromatic nitrogens is 1. The van der Waals surface area contributed by atoms with Crippen LogP contribution in [0.1, 0.15) is 16.3 Å². The second kappa shape index (κ2) is 4.97. The standard InChI is InChI=1S/C14H11NO4S/c1-18-14(17)12-3-2-9(19-12)8-15-6-4-11(16)13-10(15)5-7-20-13/h2-7H,8H2,1H3. The van der Waals surface area contributed by atoms with Crippen molar-refractivity contribution < 1.29 is 13.9 Å². The first kappa shape index (κ1) is 12.7. The number of carbonyl (C=O) groups excluding carboxylic acids is 1. The number of nitrogens with zero attached hydrogens (tertiary/aromatic N) is 1. The fourth-order valence-corrected chi connectivity index (χ4v) is 2.83. The smallest absolute Gasteiger partial charge is 0.373 e. The van der Waals surface area contributed by atoms with Gasteiger partial charge in [-0.15, -0.1) is 11.3 Å². The third kappa shape index (κ3) is 2.14. The zero-order valence-corrected chi connectivity index (χ0v) is 11.5. The van der Waals surface area contributed by atoms with Crippen LogP contribution in [0.25, 0.3) is 10.2 Å². The van der Waals surface area contributed by atoms with Crippen LogP contribution in [-0.2, 0) is 11.3 Å². The molecule has 0 bridgehead atoms. The predicted molar refractivity (Wildman–Crippen MR) is 75.2 cm³/mol. The van der Waals surface area contributed by atoms with Gasteiger partial charge in [-0.25, -0.2) is 4.79 Å². The highest BCUT2D eigenvalue weighted by Crippen LogP contribution is 2.18. The Balaban J connectivity index is 1.95. The van der Waals surface area contributed by atoms with E-state index in [0.717, 1.165) is 5.52 Å². The van der Waals surface area contributed by atoms with Gasteiger partial charge in [0.25, 0.3) is 0 Å². The summed E-state index contributed by atoms with van der Waals surface area (Å²) in [6.45, 7) is 0.449. The molecular weight excluding hydrogens is 278 g/mol. The van der Waals surface area contributed by atoms with Crippen LogP contribution in [0.5, 0.6) is 0 Å². The molecule has 0 aromatic carbocycles. The number of hydrogen-bond acceptors (Lipinski definition) is 5. The van der Waals surface area contributed by atoms with E-state index in [9.17, 15) is 9.59 Å². The van der Waals surface area contributed by atoms with Gasteiger partial charge in [0.1, 0.15) is 5.76 Å². The molecule has 0 amide bonds. The molecule has 0 fully saturated rings. The fourth-order valence-electron chi connectivity index (χ4n) is 2.01. The molecule has 3 aromatic rings. The van der Waals surface area contributed by atoms with Gasteiger partial charge in [0, 0.05) is 12.3 Å². The SMILES string of the molecule is COC(=O)c1ccc(Cn2ccc(=O)c3sccc32)o1. The third-order valence-electron chi connectivity index (χ3n) is 2.96. The van der Waals surface area contributed by atoms with Gasteiger partial charge in [0.2, 0.25) is 5.76 Å². The van der Waals surface area contributed by atoms with Crippen LogP contribution in [0.4, 0.5) is 0 Å². The van der Waals surface area contributed by atoms with Crippen LogP contribution in [0.3, 0.4) is 0 Å². The monoisotopic (exact) mass is 289 g/mol. The normalized spacial score (nSPS) is 10.8. The van der Waals surface area contributed by atoms with Gasteiger partial charge in [-0.1, -0.05) is 0 Å². The quantitative estimate of drug-likeness (QED) is 0.695. The van der Waals surface area contributed by atoms with E-state index in [4.69, 9.17) is 4.42 Å². The van der Waals surface area contributed by atoms with Crippen molar-refractivity contribution in [3.05, 3.63) is 57.6 Å². The van der Waals surface area contributed by atoms with Crippen molar-refractivity contribution in [2.24, 2.45) is 0 Å². The number of thiophene rings is 1. The van der Waals surface area contributed by atoms with Crippen molar-refractivity contribution in [1.82, 2.24) is 4.57 Å². The van der Waals surface area contributed by atoms with Gasteiger partial charge < -0.3 is 13.7 Å². The number of ether oxygens (including phenoxy) is 1. The lowest BCUT2D eigenvalue weighted by Gasteiger charge is -2.05. The summed E-state index contributed by atoms with van der Waals surface area (Å²) in [7, 11) is 1.31. The first-order valence-electron chi connectivity index (χ1n) is 5.92. The Bertz CT molecular complexity index is 827. The summed E-state index contributed by atoms with van der Waals surface area (Å²) >= 11 is 1.41. The van der Waals surface area contributed by atoms with E-state index in [1.807, 2.05) is 16.0 Å². The zero-order chi connectivity index (χ0) is 14.1. The average molecular weight is 289 g/mol. The van der Waals surface area contributed by atoms with Gasteiger partial charge in [-0.2, -0.15) is 0 Å². The summed E-state index contributed by atoms with van der Waals surface area (Å²) in [5, 5.41) is 1.88. The van der Waals surface area contributed by atoms with E-state index >= 15 is 0 Å². The van der Waals surface area contributed by atoms with Gasteiger partial charge in [0.05, 0.1) is 23.9 Å². The number of methoxy groups -OCH3 is 1. The summed E-state index contributed by atoms with van der Waals surface area (Å²) in [5.74, 6) is 0.295. The van der Waals surface area contributed by atoms with Crippen LogP contribution >= 0.6 is 11.3 Å². The molecule has 0 saturated heterocycles. The maximum absolute atomic E-state index is 11.7. The largest absolute Gasteiger partial charge is 0.463 e. The molecule has 0 atom stereocenters. The minimum atomic E-state index is -0.503. The first-order valence-corrected chi connectivity index (χ1v) is 6.80. The molecule has 5 nitrogen and oxygen atoms in total. The molecular formula is C14H11NO4S. The van der Waals surface area contributed by atoms with Crippen LogP contribution in [0, 0.1) is 0 Å². The first-order chi connectivity index (χ1) is 9.69. The van der Waals surface area contributed by atoms with Crippen LogP contribution in [0.15, 0.2) is 45.1 Å². The van der Waals surface area contributed by atoms with Crippen LogP contribution < -0.4 is 5.43 Å². The van der Waals surface area contributed by atoms with E-state index in [1.165, 1.54) is 24.5 Å². The van der Waals surface area contributed by atoms with E-state index in [2.05, 4.69) is 4.74 Å². The summed E-state index contributed by atoms with van der Waals surface area (Å²) in [6, 6.07) is 6.73. The molecule has 3 heterocycles. The lowest BCUT2D eigenvalue weighted by Crippen LogP contribution is -2.06. The van der Waals surface area contributed by atoms with E-state index in [-0.39, 0.29) is 11.2 Å². The maximum Gasteiger partial charge on any atom is 0.373 e. The van der Waals surface area contributed by atoms with E-state index < -0.39 is 5.97 Å². The summed E-state index contributed by atoms with van der Waals surface area (Å²) in [6.07, 6.45) is 1.72. The number of pyridine rings is 1. The van der Waals surface area contributed by atoms with Gasteiger partial charge in [0.15, 0.2) is 5.43 Å². The Morgan fingerprint density at radius 1 is 1.35 bits per heavy atom. The molecule has 102 valence electrons. The molecule has 3 aromatic heterocycles. The van der Waals surface area contributed by atoms with Gasteiger partial charge in [-0.05, 0) is 23.6 Å². The molecule has 3 rings (SSSR count). The van der Waals surface area contributed by atoms with Crippen molar-refractivity contribution in [3.8, 4) is 0 Å². The molecule has 6 heteroatoms. The van der Waals surface area contributed by atoms with E-state index in [1.54, 1.807) is 18.3 Å². The Morgan fingerprint density at radius 3 is 3.00 bits per heavy atom. The minimum absolute atomic E-state index is 0.0148. The van der Waals surface area contributed by atoms with Gasteiger partial charge in [-0.3, -0.25) is 4.79 Å². The number of rotatable bonds is 3. The molecule has 0 unspecified atom stereocenters. The molecule has 20 heavy (non-hydrogen) atoms. The lowest BCUT2D eigenvalue weighted by molar-refractivity contribution is 0.0563. The Kier molecular flexibility index (Phi) is 3.15. The van der Waals surface area contributed by atoms with Crippen molar-refractivity contribution in [1.29, 1.82) is 0 Å². The third-order valence-corrected chi connectivity index (χ3v) is 3.88. The second-order valence-electron chi connectivity index (χ2n) is 4.20. The maximum atomic E-state index is 11.7. The second-order valence-corrected chi connectivity index (χ2v) is 5.12. The Hall–Kier alpha value is -2.34. The number of hydrogen-bond donors (Lipinski definition) is 0. The lowest BCUT2D eigenvalue weighted by atomic mass is 10.3. The molecule has 0 saturated carbocycles. The van der Waals surface area contributed by atoms with Crippen molar-refractivity contribution in [3.63, 3.8) is 0 Å². The van der Waals surface area contributed by atoms with Crippen molar-refractivity contribution in [2.45, 2.75) is 6.54 Å². The summed E-state index contributed by atoms with van der Waals surface area (Å²) in [4.78, 5) is 23.0. The summed E-state index contributed by atoms with van der Waals surface area (Å²) < 4.78 is 12.6. The number of esters is 1. The zero-order valence-electron chi connectivity index (χ0n) is 10.7. The topological polar surface area (TPSA) is 61.4 Å². The molecule has 0 aliphatic heterocycles. The van der Waals surface area contributed by atoms with Crippen molar-refractivity contribution >= 4 is 27.5 Å². The van der Waals surface area contributed by atoms with Crippen LogP contribution in [0.2, 0.25) is 0 Å². The average Bonchev–Trinajstić information content (AvgIpc) is 3.10. The summed E-state index contributed by atoms with van der Waals surface area (Å²) in [5.41, 5.74) is 0.875. The van der Waals surface area contributed by atoms with Crippen molar-refractivity contribution in [2.75, 3.05) is 7.11 Å². The fraction of sp³-hybridized carbons (Fsp3) is 0.143. The highest BCUT2D eigenvalue weighted by molar-refractivity contribution is 7.17. The molecule has 0 radical (unpaired) electrons. The molecule has 0 N–H and O–H groups in total. The number of furan rings is 1. The predicted octanol–water partition coefficient (Wildman–Crippen LogP) is 2.49. The number of carbonyl (C=O) groups is 1. The Morgan fingerprint density at radius 2 is 2.20 bits per heavy atom. The van der Waals surface area contributed by atoms with E-state index in [0.29, 0.717) is 17.0 Å². The highest BCUT2D eigenvalue weighted by atomic mass is 32.1. The van der Waals surface area contributed by atoms with Gasteiger partial charge >= 0.3 is 5.97 Å². The molecule has 0 aliphatic carbocycles. The minimum Gasteiger partial charge on any atom is -0.463 e. The molecule has 0 spiro atoms. The van der Waals surface area contributed by atoms with Crippen LogP contribution in [-0.4, -0.2) is 17.6 Å². The Labute approximate surface area is 118 Å².